The molecule has 2 nitrogen and oxygen atoms in total. The Morgan fingerprint density at radius 3 is 2.45 bits per heavy atom. The second-order valence-electron chi connectivity index (χ2n) is 4.55. The Bertz CT molecular complexity index is 753. The van der Waals surface area contributed by atoms with Crippen LogP contribution in [0.2, 0.25) is 5.22 Å². The highest BCUT2D eigenvalue weighted by Crippen LogP contribution is 2.31. The molecule has 20 heavy (non-hydrogen) atoms. The zero-order valence-electron chi connectivity index (χ0n) is 10.9. The molecular weight excluding hydrogens is 277 g/mol. The molecule has 0 fully saturated rings. The third-order valence-electron chi connectivity index (χ3n) is 3.38. The topological polar surface area (TPSA) is 25.2 Å². The molecule has 0 aliphatic heterocycles. The zero-order chi connectivity index (χ0) is 14.1. The number of benzene rings is 2. The van der Waals surface area contributed by atoms with Crippen LogP contribution in [0.15, 0.2) is 52.9 Å². The van der Waals surface area contributed by atoms with Crippen LogP contribution in [0.1, 0.15) is 17.4 Å². The minimum Gasteiger partial charge on any atom is -0.448 e. The fourth-order valence-corrected chi connectivity index (χ4v) is 2.62. The van der Waals surface area contributed by atoms with Gasteiger partial charge in [-0.3, -0.25) is 0 Å². The van der Waals surface area contributed by atoms with Crippen LogP contribution in [0, 0.1) is 5.82 Å². The summed E-state index contributed by atoms with van der Waals surface area (Å²) in [5, 5.41) is 4.98. The van der Waals surface area contributed by atoms with E-state index in [0.717, 1.165) is 10.9 Å². The molecular formula is C16H13ClFNO. The summed E-state index contributed by atoms with van der Waals surface area (Å²) in [6.07, 6.45) is 0. The Morgan fingerprint density at radius 1 is 1.05 bits per heavy atom. The average molecular weight is 290 g/mol. The van der Waals surface area contributed by atoms with E-state index in [-0.39, 0.29) is 11.9 Å². The van der Waals surface area contributed by atoms with Crippen LogP contribution in [-0.4, -0.2) is 7.05 Å². The lowest BCUT2D eigenvalue weighted by molar-refractivity contribution is 0.466. The lowest BCUT2D eigenvalue weighted by atomic mass is 9.97. The molecule has 0 aliphatic carbocycles. The molecule has 1 unspecified atom stereocenters. The van der Waals surface area contributed by atoms with E-state index >= 15 is 0 Å². The Labute approximate surface area is 121 Å². The molecule has 1 N–H and O–H groups in total. The van der Waals surface area contributed by atoms with Gasteiger partial charge in [0.25, 0.3) is 0 Å². The Balaban J connectivity index is 2.20. The van der Waals surface area contributed by atoms with E-state index in [1.54, 1.807) is 18.2 Å². The normalized spacial score (nSPS) is 12.8. The van der Waals surface area contributed by atoms with Crippen molar-refractivity contribution in [2.45, 2.75) is 6.04 Å². The summed E-state index contributed by atoms with van der Waals surface area (Å²) in [7, 11) is 1.83. The first kappa shape index (κ1) is 13.2. The molecule has 3 rings (SSSR count). The van der Waals surface area contributed by atoms with E-state index in [0.29, 0.717) is 16.4 Å². The van der Waals surface area contributed by atoms with E-state index in [4.69, 9.17) is 16.0 Å². The quantitative estimate of drug-likeness (QED) is 0.766. The van der Waals surface area contributed by atoms with Gasteiger partial charge < -0.3 is 9.73 Å². The molecule has 0 spiro atoms. The van der Waals surface area contributed by atoms with Crippen LogP contribution in [0.4, 0.5) is 4.39 Å². The number of furan rings is 1. The van der Waals surface area contributed by atoms with Gasteiger partial charge in [-0.15, -0.1) is 0 Å². The van der Waals surface area contributed by atoms with Gasteiger partial charge in [0, 0.05) is 5.39 Å². The van der Waals surface area contributed by atoms with Crippen molar-refractivity contribution >= 4 is 22.4 Å². The molecule has 2 aromatic carbocycles. The van der Waals surface area contributed by atoms with Crippen LogP contribution in [0.5, 0.6) is 0 Å². The Morgan fingerprint density at radius 2 is 1.80 bits per heavy atom. The first-order valence-electron chi connectivity index (χ1n) is 6.30. The monoisotopic (exact) mass is 289 g/mol. The zero-order valence-corrected chi connectivity index (χ0v) is 11.6. The third-order valence-corrected chi connectivity index (χ3v) is 3.59. The molecule has 0 radical (unpaired) electrons. The number of halogens is 2. The van der Waals surface area contributed by atoms with Crippen molar-refractivity contribution < 1.29 is 8.81 Å². The second kappa shape index (κ2) is 5.27. The molecule has 0 saturated carbocycles. The van der Waals surface area contributed by atoms with Gasteiger partial charge in [0.1, 0.15) is 11.6 Å². The SMILES string of the molecule is CNC(c1ccc(Cl)o1)c1ccc(F)c2ccccc12. The summed E-state index contributed by atoms with van der Waals surface area (Å²) >= 11 is 5.84. The maximum atomic E-state index is 13.9. The fourth-order valence-electron chi connectivity index (χ4n) is 2.47. The molecule has 0 saturated heterocycles. The van der Waals surface area contributed by atoms with Gasteiger partial charge in [0.2, 0.25) is 0 Å². The Hall–Kier alpha value is -1.84. The summed E-state index contributed by atoms with van der Waals surface area (Å²) < 4.78 is 19.4. The maximum Gasteiger partial charge on any atom is 0.193 e. The van der Waals surface area contributed by atoms with Gasteiger partial charge >= 0.3 is 0 Å². The lowest BCUT2D eigenvalue weighted by Crippen LogP contribution is -2.17. The van der Waals surface area contributed by atoms with Crippen LogP contribution in [-0.2, 0) is 0 Å². The summed E-state index contributed by atoms with van der Waals surface area (Å²) in [5.41, 5.74) is 0.954. The van der Waals surface area contributed by atoms with Crippen LogP contribution in [0.25, 0.3) is 10.8 Å². The summed E-state index contributed by atoms with van der Waals surface area (Å²) in [6.45, 7) is 0. The minimum absolute atomic E-state index is 0.173. The molecule has 1 heterocycles. The highest BCUT2D eigenvalue weighted by Gasteiger charge is 2.19. The number of nitrogens with one attached hydrogen (secondary N) is 1. The standard InChI is InChI=1S/C16H13ClFNO/c1-19-16(14-8-9-15(17)20-14)12-6-7-13(18)11-5-3-2-4-10(11)12/h2-9,16,19H,1H3. The highest BCUT2D eigenvalue weighted by molar-refractivity contribution is 6.28. The minimum atomic E-state index is -0.225. The van der Waals surface area contributed by atoms with Gasteiger partial charge in [-0.05, 0) is 47.8 Å². The first-order chi connectivity index (χ1) is 9.70. The second-order valence-corrected chi connectivity index (χ2v) is 4.92. The molecule has 1 aromatic heterocycles. The van der Waals surface area contributed by atoms with Crippen LogP contribution >= 0.6 is 11.6 Å². The average Bonchev–Trinajstić information content (AvgIpc) is 2.89. The predicted octanol–water partition coefficient (Wildman–Crippen LogP) is 4.53. The van der Waals surface area contributed by atoms with E-state index in [9.17, 15) is 4.39 Å². The first-order valence-corrected chi connectivity index (χ1v) is 6.68. The molecule has 0 bridgehead atoms. The van der Waals surface area contributed by atoms with Crippen molar-refractivity contribution in [3.05, 3.63) is 70.9 Å². The largest absolute Gasteiger partial charge is 0.448 e. The third kappa shape index (κ3) is 2.19. The van der Waals surface area contributed by atoms with Crippen LogP contribution < -0.4 is 5.32 Å². The highest BCUT2D eigenvalue weighted by atomic mass is 35.5. The molecule has 0 amide bonds. The van der Waals surface area contributed by atoms with Gasteiger partial charge in [-0.2, -0.15) is 0 Å². The van der Waals surface area contributed by atoms with E-state index in [2.05, 4.69) is 5.32 Å². The number of hydrogen-bond acceptors (Lipinski definition) is 2. The van der Waals surface area contributed by atoms with Crippen molar-refractivity contribution in [2.24, 2.45) is 0 Å². The lowest BCUT2D eigenvalue weighted by Gasteiger charge is -2.17. The van der Waals surface area contributed by atoms with Crippen molar-refractivity contribution in [1.29, 1.82) is 0 Å². The van der Waals surface area contributed by atoms with Crippen LogP contribution in [0.3, 0.4) is 0 Å². The predicted molar refractivity (Wildman–Crippen MR) is 78.5 cm³/mol. The van der Waals surface area contributed by atoms with Crippen molar-refractivity contribution in [3.63, 3.8) is 0 Å². The summed E-state index contributed by atoms with van der Waals surface area (Å²) in [5.74, 6) is 0.478. The summed E-state index contributed by atoms with van der Waals surface area (Å²) in [6, 6.07) is 14.0. The van der Waals surface area contributed by atoms with Gasteiger partial charge in [-0.1, -0.05) is 30.3 Å². The van der Waals surface area contributed by atoms with E-state index < -0.39 is 0 Å². The summed E-state index contributed by atoms with van der Waals surface area (Å²) in [4.78, 5) is 0. The van der Waals surface area contributed by atoms with Gasteiger partial charge in [0.15, 0.2) is 5.22 Å². The van der Waals surface area contributed by atoms with Gasteiger partial charge in [-0.25, -0.2) is 4.39 Å². The Kier molecular flexibility index (Phi) is 3.47. The molecule has 102 valence electrons. The smallest absolute Gasteiger partial charge is 0.193 e. The van der Waals surface area contributed by atoms with Crippen molar-refractivity contribution in [1.82, 2.24) is 5.32 Å². The molecule has 1 atom stereocenters. The molecule has 4 heteroatoms. The maximum absolute atomic E-state index is 13.9. The van der Waals surface area contributed by atoms with Crippen molar-refractivity contribution in [3.8, 4) is 0 Å². The number of hydrogen-bond donors (Lipinski definition) is 1. The fraction of sp³-hybridized carbons (Fsp3) is 0.125. The number of fused-ring (bicyclic) bond motifs is 1. The molecule has 0 aliphatic rings. The van der Waals surface area contributed by atoms with E-state index in [1.807, 2.05) is 31.3 Å². The van der Waals surface area contributed by atoms with Gasteiger partial charge in [0.05, 0.1) is 6.04 Å². The van der Waals surface area contributed by atoms with E-state index in [1.165, 1.54) is 6.07 Å². The molecule has 3 aromatic rings. The van der Waals surface area contributed by atoms with Crippen molar-refractivity contribution in [2.75, 3.05) is 7.05 Å². The number of rotatable bonds is 3.